The summed E-state index contributed by atoms with van der Waals surface area (Å²) in [6, 6.07) is 10.1. The summed E-state index contributed by atoms with van der Waals surface area (Å²) in [5, 5.41) is 4.55. The Balaban J connectivity index is 2.16. The van der Waals surface area contributed by atoms with Gasteiger partial charge < -0.3 is 15.2 Å². The average molecular weight is 289 g/mol. The minimum absolute atomic E-state index is 0.326. The first-order valence-electron chi connectivity index (χ1n) is 7.27. The molecule has 5 nitrogen and oxygen atoms in total. The summed E-state index contributed by atoms with van der Waals surface area (Å²) in [6.45, 7) is 7.62. The molecule has 0 atom stereocenters. The number of nitrogens with zero attached hydrogens (tertiary/aromatic N) is 2. The molecular weight excluding hydrogens is 266 g/mol. The van der Waals surface area contributed by atoms with Crippen LogP contribution in [0.4, 0.5) is 5.82 Å². The zero-order valence-electron chi connectivity index (χ0n) is 12.9. The lowest BCUT2D eigenvalue weighted by Crippen LogP contribution is -2.25. The molecule has 0 saturated carbocycles. The van der Waals surface area contributed by atoms with Gasteiger partial charge in [-0.05, 0) is 20.8 Å². The van der Waals surface area contributed by atoms with Crippen molar-refractivity contribution in [1.29, 1.82) is 0 Å². The van der Waals surface area contributed by atoms with Crippen molar-refractivity contribution in [2.45, 2.75) is 33.6 Å². The Morgan fingerprint density at radius 2 is 1.76 bits per heavy atom. The van der Waals surface area contributed by atoms with E-state index in [4.69, 9.17) is 15.2 Å². The van der Waals surface area contributed by atoms with E-state index < -0.39 is 0 Å². The summed E-state index contributed by atoms with van der Waals surface area (Å²) in [5.74, 6) is 0.606. The fourth-order valence-electron chi connectivity index (χ4n) is 2.11. The number of aromatic nitrogens is 2. The fourth-order valence-corrected chi connectivity index (χ4v) is 2.11. The SMILES string of the molecule is CCOC(Cn1nc(-c2ccc(C)cc2)cc1N)OCC. The highest BCUT2D eigenvalue weighted by Gasteiger charge is 2.13. The molecule has 0 fully saturated rings. The van der Waals surface area contributed by atoms with Gasteiger partial charge in [0.1, 0.15) is 5.82 Å². The molecule has 0 unspecified atom stereocenters. The van der Waals surface area contributed by atoms with Crippen LogP contribution in [0, 0.1) is 6.92 Å². The van der Waals surface area contributed by atoms with Crippen molar-refractivity contribution in [3.63, 3.8) is 0 Å². The van der Waals surface area contributed by atoms with Crippen molar-refractivity contribution in [2.24, 2.45) is 0 Å². The van der Waals surface area contributed by atoms with E-state index in [0.29, 0.717) is 25.6 Å². The molecule has 2 aromatic rings. The van der Waals surface area contributed by atoms with Crippen LogP contribution in [0.25, 0.3) is 11.3 Å². The van der Waals surface area contributed by atoms with Crippen LogP contribution in [0.2, 0.25) is 0 Å². The predicted molar refractivity (Wildman–Crippen MR) is 83.9 cm³/mol. The smallest absolute Gasteiger partial charge is 0.177 e. The molecule has 2 N–H and O–H groups in total. The summed E-state index contributed by atoms with van der Waals surface area (Å²) in [7, 11) is 0. The molecule has 114 valence electrons. The largest absolute Gasteiger partial charge is 0.384 e. The number of aryl methyl sites for hydroxylation is 1. The van der Waals surface area contributed by atoms with Crippen molar-refractivity contribution < 1.29 is 9.47 Å². The van der Waals surface area contributed by atoms with Gasteiger partial charge in [-0.15, -0.1) is 0 Å². The number of hydrogen-bond donors (Lipinski definition) is 1. The van der Waals surface area contributed by atoms with Gasteiger partial charge in [0.05, 0.1) is 12.2 Å². The number of hydrogen-bond acceptors (Lipinski definition) is 4. The van der Waals surface area contributed by atoms with Gasteiger partial charge in [-0.25, -0.2) is 4.68 Å². The van der Waals surface area contributed by atoms with Crippen molar-refractivity contribution >= 4 is 5.82 Å². The standard InChI is InChI=1S/C16H23N3O2/c1-4-20-16(21-5-2)11-19-15(17)10-14(18-19)13-8-6-12(3)7-9-13/h6-10,16H,4-5,11,17H2,1-3H3. The highest BCUT2D eigenvalue weighted by atomic mass is 16.7. The minimum Gasteiger partial charge on any atom is -0.384 e. The molecule has 2 rings (SSSR count). The maximum atomic E-state index is 6.04. The van der Waals surface area contributed by atoms with E-state index in [1.165, 1.54) is 5.56 Å². The molecule has 1 aromatic heterocycles. The van der Waals surface area contributed by atoms with Gasteiger partial charge in [0.2, 0.25) is 0 Å². The van der Waals surface area contributed by atoms with E-state index in [0.717, 1.165) is 11.3 Å². The van der Waals surface area contributed by atoms with E-state index in [2.05, 4.69) is 24.2 Å². The number of rotatable bonds is 7. The van der Waals surface area contributed by atoms with Crippen LogP contribution in [-0.4, -0.2) is 29.3 Å². The molecule has 0 aliphatic heterocycles. The van der Waals surface area contributed by atoms with Crippen molar-refractivity contribution in [2.75, 3.05) is 18.9 Å². The second kappa shape index (κ2) is 7.24. The van der Waals surface area contributed by atoms with E-state index in [9.17, 15) is 0 Å². The predicted octanol–water partition coefficient (Wildman–Crippen LogP) is 2.84. The van der Waals surface area contributed by atoms with E-state index in [-0.39, 0.29) is 6.29 Å². The van der Waals surface area contributed by atoms with Crippen LogP contribution >= 0.6 is 0 Å². The van der Waals surface area contributed by atoms with Crippen LogP contribution in [0.15, 0.2) is 30.3 Å². The number of anilines is 1. The molecule has 0 aliphatic carbocycles. The van der Waals surface area contributed by atoms with Crippen molar-refractivity contribution in [3.8, 4) is 11.3 Å². The quantitative estimate of drug-likeness (QED) is 0.796. The zero-order valence-corrected chi connectivity index (χ0v) is 12.9. The molecule has 5 heteroatoms. The van der Waals surface area contributed by atoms with Gasteiger partial charge >= 0.3 is 0 Å². The average Bonchev–Trinajstić information content (AvgIpc) is 2.81. The minimum atomic E-state index is -0.326. The monoisotopic (exact) mass is 289 g/mol. The Morgan fingerprint density at radius 1 is 1.14 bits per heavy atom. The van der Waals surface area contributed by atoms with Crippen LogP contribution in [-0.2, 0) is 16.0 Å². The Bertz CT molecular complexity index is 557. The molecule has 21 heavy (non-hydrogen) atoms. The summed E-state index contributed by atoms with van der Waals surface area (Å²) < 4.78 is 12.8. The van der Waals surface area contributed by atoms with E-state index in [1.54, 1.807) is 4.68 Å². The normalized spacial score (nSPS) is 11.2. The van der Waals surface area contributed by atoms with Gasteiger partial charge in [0.25, 0.3) is 0 Å². The lowest BCUT2D eigenvalue weighted by atomic mass is 10.1. The summed E-state index contributed by atoms with van der Waals surface area (Å²) in [4.78, 5) is 0. The summed E-state index contributed by atoms with van der Waals surface area (Å²) in [6.07, 6.45) is -0.326. The molecule has 0 amide bonds. The number of benzene rings is 1. The zero-order chi connectivity index (χ0) is 15.2. The third-order valence-electron chi connectivity index (χ3n) is 3.19. The number of nitrogen functional groups attached to an aromatic ring is 1. The molecular formula is C16H23N3O2. The molecule has 0 radical (unpaired) electrons. The molecule has 0 saturated heterocycles. The van der Waals surface area contributed by atoms with E-state index in [1.807, 2.05) is 32.0 Å². The second-order valence-electron chi connectivity index (χ2n) is 4.84. The topological polar surface area (TPSA) is 62.3 Å². The van der Waals surface area contributed by atoms with Crippen LogP contribution in [0.1, 0.15) is 19.4 Å². The Hall–Kier alpha value is -1.85. The summed E-state index contributed by atoms with van der Waals surface area (Å²) in [5.41, 5.74) is 9.17. The molecule has 0 spiro atoms. The van der Waals surface area contributed by atoms with Gasteiger partial charge in [0.15, 0.2) is 6.29 Å². The van der Waals surface area contributed by atoms with Crippen molar-refractivity contribution in [1.82, 2.24) is 9.78 Å². The van der Waals surface area contributed by atoms with Gasteiger partial charge in [-0.2, -0.15) is 5.10 Å². The first kappa shape index (κ1) is 15.5. The van der Waals surface area contributed by atoms with E-state index >= 15 is 0 Å². The van der Waals surface area contributed by atoms with Gasteiger partial charge in [0, 0.05) is 24.8 Å². The fraction of sp³-hybridized carbons (Fsp3) is 0.438. The van der Waals surface area contributed by atoms with Gasteiger partial charge in [-0.1, -0.05) is 29.8 Å². The maximum Gasteiger partial charge on any atom is 0.177 e. The van der Waals surface area contributed by atoms with Gasteiger partial charge in [-0.3, -0.25) is 0 Å². The summed E-state index contributed by atoms with van der Waals surface area (Å²) >= 11 is 0. The van der Waals surface area contributed by atoms with Crippen LogP contribution in [0.5, 0.6) is 0 Å². The second-order valence-corrected chi connectivity index (χ2v) is 4.84. The number of nitrogens with two attached hydrogens (primary N) is 1. The third-order valence-corrected chi connectivity index (χ3v) is 3.19. The molecule has 1 heterocycles. The van der Waals surface area contributed by atoms with Crippen LogP contribution < -0.4 is 5.73 Å². The Morgan fingerprint density at radius 3 is 2.33 bits per heavy atom. The molecule has 0 aliphatic rings. The number of ether oxygens (including phenoxy) is 2. The molecule has 0 bridgehead atoms. The molecule has 1 aromatic carbocycles. The third kappa shape index (κ3) is 4.06. The Labute approximate surface area is 125 Å². The highest BCUT2D eigenvalue weighted by molar-refractivity contribution is 5.62. The Kier molecular flexibility index (Phi) is 5.36. The van der Waals surface area contributed by atoms with Crippen LogP contribution in [0.3, 0.4) is 0 Å². The first-order valence-corrected chi connectivity index (χ1v) is 7.27. The highest BCUT2D eigenvalue weighted by Crippen LogP contribution is 2.21. The maximum absolute atomic E-state index is 6.04. The first-order chi connectivity index (χ1) is 10.1. The lowest BCUT2D eigenvalue weighted by molar-refractivity contribution is -0.144. The lowest BCUT2D eigenvalue weighted by Gasteiger charge is -2.17. The van der Waals surface area contributed by atoms with Crippen molar-refractivity contribution in [3.05, 3.63) is 35.9 Å².